The molecule has 1 aliphatic heterocycles. The molecular weight excluding hydrogens is 748 g/mol. The molecule has 1 atom stereocenters. The Morgan fingerprint density at radius 3 is 1.61 bits per heavy atom. The number of halogens is 10. The first-order chi connectivity index (χ1) is 26.2. The summed E-state index contributed by atoms with van der Waals surface area (Å²) in [7, 11) is 0. The monoisotopic (exact) mass is 779 g/mol. The van der Waals surface area contributed by atoms with Gasteiger partial charge in [0.1, 0.15) is 34.4 Å². The van der Waals surface area contributed by atoms with E-state index in [1.807, 2.05) is 0 Å². The van der Waals surface area contributed by atoms with Crippen LogP contribution in [0.3, 0.4) is 0 Å². The van der Waals surface area contributed by atoms with E-state index < -0.39 is 85.9 Å². The van der Waals surface area contributed by atoms with Crippen LogP contribution in [-0.2, 0) is 23.2 Å². The summed E-state index contributed by atoms with van der Waals surface area (Å²) in [5.41, 5.74) is -10.4. The van der Waals surface area contributed by atoms with E-state index in [2.05, 4.69) is 9.97 Å². The number of anilines is 3. The molecule has 3 heterocycles. The van der Waals surface area contributed by atoms with E-state index in [1.54, 1.807) is 24.3 Å². The molecule has 56 heavy (non-hydrogen) atoms. The molecule has 0 fully saturated rings. The number of hydrogen-bond acceptors (Lipinski definition) is 3. The molecule has 7 rings (SSSR count). The highest BCUT2D eigenvalue weighted by Crippen LogP contribution is 2.49. The van der Waals surface area contributed by atoms with Crippen molar-refractivity contribution in [1.29, 1.82) is 0 Å². The maximum absolute atomic E-state index is 16.6. The van der Waals surface area contributed by atoms with Gasteiger partial charge in [-0.25, -0.2) is 22.5 Å². The lowest BCUT2D eigenvalue weighted by Crippen LogP contribution is -2.29. The Labute approximate surface area is 315 Å². The molecule has 1 unspecified atom stereocenters. The maximum atomic E-state index is 16.6. The molecule has 0 aliphatic carbocycles. The van der Waals surface area contributed by atoms with Gasteiger partial charge in [0.05, 0.1) is 28.7 Å². The molecule has 0 spiro atoms. The second-order valence-electron chi connectivity index (χ2n) is 14.6. The van der Waals surface area contributed by atoms with Crippen LogP contribution in [0.2, 0.25) is 0 Å². The van der Waals surface area contributed by atoms with Gasteiger partial charge in [0.25, 0.3) is 0 Å². The lowest BCUT2D eigenvalue weighted by atomic mass is 9.76. The summed E-state index contributed by atoms with van der Waals surface area (Å²) in [6.45, 7) is 5.42. The lowest BCUT2D eigenvalue weighted by molar-refractivity contribution is -0.143. The molecule has 0 N–H and O–H groups in total. The molecule has 4 aromatic carbocycles. The fourth-order valence-electron chi connectivity index (χ4n) is 7.32. The number of aromatic nitrogens is 2. The highest BCUT2D eigenvalue weighted by Gasteiger charge is 2.46. The van der Waals surface area contributed by atoms with Gasteiger partial charge >= 0.3 is 12.4 Å². The zero-order valence-corrected chi connectivity index (χ0v) is 30.1. The van der Waals surface area contributed by atoms with Gasteiger partial charge in [-0.2, -0.15) is 26.3 Å². The first kappa shape index (κ1) is 38.6. The van der Waals surface area contributed by atoms with Gasteiger partial charge in [0.15, 0.2) is 5.82 Å². The summed E-state index contributed by atoms with van der Waals surface area (Å²) in [5.74, 6) is -9.33. The molecule has 0 saturated carbocycles. The van der Waals surface area contributed by atoms with Crippen LogP contribution in [0.15, 0.2) is 109 Å². The molecule has 3 nitrogen and oxygen atoms in total. The predicted molar refractivity (Wildman–Crippen MR) is 191 cm³/mol. The number of para-hydroxylation sites is 1. The van der Waals surface area contributed by atoms with Crippen molar-refractivity contribution in [2.45, 2.75) is 56.8 Å². The topological polar surface area (TPSA) is 29.0 Å². The normalized spacial score (nSPS) is 16.5. The summed E-state index contributed by atoms with van der Waals surface area (Å²) in [6.07, 6.45) is -11.0. The van der Waals surface area contributed by atoms with Gasteiger partial charge in [0, 0.05) is 33.2 Å². The fourth-order valence-corrected chi connectivity index (χ4v) is 7.32. The number of nitrogens with zero attached hydrogens (tertiary/aromatic N) is 3. The molecular formula is C43H31F10N3. The van der Waals surface area contributed by atoms with E-state index in [0.29, 0.717) is 0 Å². The van der Waals surface area contributed by atoms with Gasteiger partial charge in [0.2, 0.25) is 0 Å². The summed E-state index contributed by atoms with van der Waals surface area (Å²) < 4.78 is 155. The van der Waals surface area contributed by atoms with Crippen LogP contribution in [0.5, 0.6) is 0 Å². The smallest absolute Gasteiger partial charge is 0.292 e. The fraction of sp³-hybridized carbons (Fsp3) is 0.209. The van der Waals surface area contributed by atoms with Crippen molar-refractivity contribution < 1.29 is 43.9 Å². The van der Waals surface area contributed by atoms with Gasteiger partial charge in [-0.15, -0.1) is 0 Å². The largest absolute Gasteiger partial charge is 0.422 e. The molecule has 6 aromatic rings. The predicted octanol–water partition coefficient (Wildman–Crippen LogP) is 12.7. The van der Waals surface area contributed by atoms with E-state index in [0.717, 1.165) is 17.0 Å². The van der Waals surface area contributed by atoms with Gasteiger partial charge < -0.3 is 0 Å². The van der Waals surface area contributed by atoms with Crippen molar-refractivity contribution in [2.75, 3.05) is 4.90 Å². The molecule has 0 amide bonds. The minimum atomic E-state index is -5.53. The van der Waals surface area contributed by atoms with E-state index in [-0.39, 0.29) is 34.2 Å². The highest BCUT2D eigenvalue weighted by molar-refractivity contribution is 5.76. The Morgan fingerprint density at radius 1 is 0.536 bits per heavy atom. The van der Waals surface area contributed by atoms with Crippen LogP contribution in [0, 0.1) is 23.3 Å². The van der Waals surface area contributed by atoms with E-state index in [9.17, 15) is 26.3 Å². The molecule has 8 bridgehead atoms. The molecule has 288 valence electrons. The number of fused-ring (bicyclic) bond motifs is 8. The van der Waals surface area contributed by atoms with Crippen LogP contribution in [0.25, 0.3) is 0 Å². The third-order valence-corrected chi connectivity index (χ3v) is 10.3. The first-order valence-corrected chi connectivity index (χ1v) is 17.3. The van der Waals surface area contributed by atoms with Crippen LogP contribution in [0.1, 0.15) is 84.1 Å². The first-order valence-electron chi connectivity index (χ1n) is 17.3. The standard InChI is InChI=1S/C43H31F10N3/c1-40(2)26-21-25(36(44)34(37(26)45)42(48,49)50)33(23-13-7-5-8-14-23)28-17-11-18-30(54-28)41(3,4)27-22-29(39(47)35(38(27)46)43(51,52)53)56(24-15-9-6-10-16-24)32-20-12-19-31(40)55-32/h5-22,33H,1-4H3. The van der Waals surface area contributed by atoms with Gasteiger partial charge in [-0.05, 0) is 54.1 Å². The number of benzene rings is 4. The number of rotatable bonds is 2. The minimum Gasteiger partial charge on any atom is -0.292 e. The van der Waals surface area contributed by atoms with Crippen molar-refractivity contribution >= 4 is 17.2 Å². The average molecular weight is 780 g/mol. The summed E-state index contributed by atoms with van der Waals surface area (Å²) in [5, 5.41) is 0. The zero-order valence-electron chi connectivity index (χ0n) is 30.1. The Hall–Kier alpha value is -5.72. The van der Waals surface area contributed by atoms with Crippen molar-refractivity contribution in [2.24, 2.45) is 0 Å². The Kier molecular flexibility index (Phi) is 9.29. The summed E-state index contributed by atoms with van der Waals surface area (Å²) in [4.78, 5) is 10.3. The third kappa shape index (κ3) is 6.36. The van der Waals surface area contributed by atoms with Crippen molar-refractivity contribution in [1.82, 2.24) is 9.97 Å². The van der Waals surface area contributed by atoms with Gasteiger partial charge in [-0.1, -0.05) is 88.4 Å². The number of hydrogen-bond donors (Lipinski definition) is 0. The Bertz CT molecular complexity index is 2290. The lowest BCUT2D eigenvalue weighted by Gasteiger charge is -2.33. The van der Waals surface area contributed by atoms with Crippen molar-refractivity contribution in [3.8, 4) is 0 Å². The molecule has 1 aliphatic rings. The second kappa shape index (κ2) is 13.5. The summed E-state index contributed by atoms with van der Waals surface area (Å²) >= 11 is 0. The quantitative estimate of drug-likeness (QED) is 0.164. The number of alkyl halides is 6. The maximum Gasteiger partial charge on any atom is 0.422 e. The summed E-state index contributed by atoms with van der Waals surface area (Å²) in [6, 6.07) is 25.4. The van der Waals surface area contributed by atoms with Gasteiger partial charge in [-0.3, -0.25) is 9.88 Å². The second-order valence-corrected chi connectivity index (χ2v) is 14.6. The van der Waals surface area contributed by atoms with E-state index >= 15 is 17.6 Å². The molecule has 13 heteroatoms. The van der Waals surface area contributed by atoms with Crippen LogP contribution in [0.4, 0.5) is 61.1 Å². The van der Waals surface area contributed by atoms with Crippen LogP contribution >= 0.6 is 0 Å². The van der Waals surface area contributed by atoms with E-state index in [4.69, 9.17) is 0 Å². The zero-order chi connectivity index (χ0) is 40.5. The third-order valence-electron chi connectivity index (χ3n) is 10.3. The van der Waals surface area contributed by atoms with Crippen molar-refractivity contribution in [3.63, 3.8) is 0 Å². The van der Waals surface area contributed by atoms with Crippen LogP contribution < -0.4 is 4.90 Å². The van der Waals surface area contributed by atoms with E-state index in [1.165, 1.54) is 100 Å². The number of pyridine rings is 2. The Morgan fingerprint density at radius 2 is 1.04 bits per heavy atom. The molecule has 0 saturated heterocycles. The van der Waals surface area contributed by atoms with Crippen LogP contribution in [-0.4, -0.2) is 9.97 Å². The van der Waals surface area contributed by atoms with Crippen molar-refractivity contribution in [3.05, 3.63) is 183 Å². The Balaban J connectivity index is 1.69. The highest BCUT2D eigenvalue weighted by atomic mass is 19.4. The molecule has 2 aromatic heterocycles. The SMILES string of the molecule is CC1(C)c2cccc(n2)N(c2ccccc2)c2cc(c(F)c(C(F)(F)F)c2F)C(C)(C)c2cccc(n2)C(c2ccccc2)c2cc1c(F)c(C(F)(F)F)c2F. The molecule has 0 radical (unpaired) electrons. The average Bonchev–Trinajstić information content (AvgIpc) is 3.13. The minimum absolute atomic E-state index is 0.0823.